The first-order valence-corrected chi connectivity index (χ1v) is 12.0. The molecule has 1 fully saturated rings. The number of nitrogens with zero attached hydrogens (tertiary/aromatic N) is 6. The Kier molecular flexibility index (Phi) is 6.01. The van der Waals surface area contributed by atoms with Crippen LogP contribution in [0.5, 0.6) is 5.88 Å². The zero-order valence-corrected chi connectivity index (χ0v) is 20.9. The average molecular weight is 498 g/mol. The molecule has 3 aromatic heterocycles. The number of rotatable bonds is 5. The van der Waals surface area contributed by atoms with Gasteiger partial charge in [-0.2, -0.15) is 4.98 Å². The number of aryl methyl sites for hydroxylation is 1. The molecule has 190 valence electrons. The smallest absolute Gasteiger partial charge is 0.244 e. The van der Waals surface area contributed by atoms with Crippen molar-refractivity contribution in [2.24, 2.45) is 0 Å². The molecule has 0 bridgehead atoms. The highest BCUT2D eigenvalue weighted by molar-refractivity contribution is 5.90. The molecule has 1 saturated heterocycles. The minimum absolute atomic E-state index is 0.0283. The number of nitrogens with one attached hydrogen (secondary N) is 1. The molecule has 1 aliphatic rings. The first-order valence-electron chi connectivity index (χ1n) is 12.0. The fraction of sp³-hybridized carbons (Fsp3) is 0.440. The van der Waals surface area contributed by atoms with Crippen LogP contribution >= 0.6 is 0 Å². The van der Waals surface area contributed by atoms with Gasteiger partial charge in [-0.3, -0.25) is 4.79 Å². The van der Waals surface area contributed by atoms with E-state index >= 15 is 4.39 Å². The molecule has 11 heteroatoms. The van der Waals surface area contributed by atoms with E-state index in [1.54, 1.807) is 10.7 Å². The number of carbonyl (C=O) groups excluding carboxylic acids is 1. The Morgan fingerprint density at radius 1 is 1.28 bits per heavy atom. The van der Waals surface area contributed by atoms with E-state index in [2.05, 4.69) is 20.4 Å². The number of benzene rings is 1. The van der Waals surface area contributed by atoms with E-state index < -0.39 is 18.0 Å². The molecule has 36 heavy (non-hydrogen) atoms. The van der Waals surface area contributed by atoms with Crippen LogP contribution in [0.15, 0.2) is 24.4 Å². The number of aromatic nitrogens is 5. The predicted molar refractivity (Wildman–Crippen MR) is 133 cm³/mol. The van der Waals surface area contributed by atoms with Crippen LogP contribution < -0.4 is 10.1 Å². The van der Waals surface area contributed by atoms with Gasteiger partial charge in [-0.05, 0) is 51.0 Å². The lowest BCUT2D eigenvalue weighted by Gasteiger charge is -2.34. The molecule has 4 aromatic rings. The van der Waals surface area contributed by atoms with Crippen LogP contribution in [0, 0.1) is 12.7 Å². The number of hydrogen-bond acceptors (Lipinski definition) is 6. The topological polar surface area (TPSA) is 89.6 Å². The summed E-state index contributed by atoms with van der Waals surface area (Å²) in [6.45, 7) is 7.85. The largest absolute Gasteiger partial charge is 0.479 e. The van der Waals surface area contributed by atoms with Crippen molar-refractivity contribution in [2.45, 2.75) is 52.4 Å². The highest BCUT2D eigenvalue weighted by Crippen LogP contribution is 2.35. The molecule has 0 saturated carbocycles. The second kappa shape index (κ2) is 9.03. The maximum atomic E-state index is 15.1. The number of alkyl halides is 1. The Morgan fingerprint density at radius 3 is 2.72 bits per heavy atom. The van der Waals surface area contributed by atoms with Gasteiger partial charge in [0, 0.05) is 31.3 Å². The number of hydrogen-bond donors (Lipinski definition) is 1. The summed E-state index contributed by atoms with van der Waals surface area (Å²) in [5.41, 5.74) is 2.96. The molecule has 9 nitrogen and oxygen atoms in total. The van der Waals surface area contributed by atoms with Crippen molar-refractivity contribution in [1.29, 1.82) is 0 Å². The van der Waals surface area contributed by atoms with Gasteiger partial charge >= 0.3 is 0 Å². The van der Waals surface area contributed by atoms with Crippen LogP contribution in [-0.4, -0.2) is 67.4 Å². The second-order valence-corrected chi connectivity index (χ2v) is 9.44. The van der Waals surface area contributed by atoms with E-state index in [1.165, 1.54) is 25.0 Å². The number of halogens is 2. The van der Waals surface area contributed by atoms with Crippen LogP contribution in [0.1, 0.15) is 39.1 Å². The van der Waals surface area contributed by atoms with Gasteiger partial charge in [0.05, 0.1) is 25.2 Å². The number of fused-ring (bicyclic) bond motifs is 2. The zero-order valence-electron chi connectivity index (χ0n) is 20.9. The van der Waals surface area contributed by atoms with Gasteiger partial charge < -0.3 is 19.5 Å². The number of carbonyl (C=O) groups is 1. The van der Waals surface area contributed by atoms with Crippen LogP contribution in [-0.2, 0) is 4.79 Å². The summed E-state index contributed by atoms with van der Waals surface area (Å²) in [7, 11) is 1.49. The average Bonchev–Trinajstić information content (AvgIpc) is 3.40. The number of anilines is 1. The normalized spacial score (nSPS) is 18.4. The number of amides is 1. The molecule has 0 unspecified atom stereocenters. The first kappa shape index (κ1) is 24.0. The van der Waals surface area contributed by atoms with Crippen molar-refractivity contribution < 1.29 is 18.3 Å². The van der Waals surface area contributed by atoms with E-state index in [9.17, 15) is 9.18 Å². The molecular formula is C25H29F2N7O2. The summed E-state index contributed by atoms with van der Waals surface area (Å²) in [4.78, 5) is 21.9. The third-order valence-corrected chi connectivity index (χ3v) is 6.73. The van der Waals surface area contributed by atoms with Crippen LogP contribution in [0.4, 0.5) is 14.7 Å². The Morgan fingerprint density at radius 2 is 2.06 bits per heavy atom. The van der Waals surface area contributed by atoms with E-state index in [0.717, 1.165) is 5.82 Å². The summed E-state index contributed by atoms with van der Waals surface area (Å²) < 4.78 is 39.0. The van der Waals surface area contributed by atoms with E-state index in [1.807, 2.05) is 37.5 Å². The molecule has 1 amide bonds. The van der Waals surface area contributed by atoms with Gasteiger partial charge in [0.25, 0.3) is 0 Å². The van der Waals surface area contributed by atoms with Crippen molar-refractivity contribution in [1.82, 2.24) is 29.0 Å². The fourth-order valence-corrected chi connectivity index (χ4v) is 5.02. The molecule has 1 aromatic carbocycles. The first-order chi connectivity index (χ1) is 17.2. The Bertz CT molecular complexity index is 1460. The molecular weight excluding hydrogens is 468 g/mol. The van der Waals surface area contributed by atoms with Crippen molar-refractivity contribution in [2.75, 3.05) is 25.5 Å². The monoisotopic (exact) mass is 497 g/mol. The van der Waals surface area contributed by atoms with Crippen molar-refractivity contribution in [3.8, 4) is 17.0 Å². The molecule has 0 aliphatic carbocycles. The van der Waals surface area contributed by atoms with Crippen molar-refractivity contribution in [3.63, 3.8) is 0 Å². The SMILES string of the molecule is COc1nc(N[C@H]2CCN(C(C)=O)C[C@H]2F)nn2ccc(-c3cc(F)c4nc(C)n(C(C)C)c4c3)c12. The number of ether oxygens (including phenoxy) is 1. The standard InChI is InChI=1S/C25H29F2N7O2/c1-13(2)34-14(3)28-22-18(26)10-16(11-21(22)34)17-6-9-33-23(17)24(36-5)30-25(31-33)29-20-7-8-32(15(4)35)12-19(20)27/h6,9-11,13,19-20H,7-8,12H2,1-5H3,(H,29,31)/t19-,20+/m1/s1. The van der Waals surface area contributed by atoms with Crippen LogP contribution in [0.3, 0.4) is 0 Å². The minimum atomic E-state index is -1.25. The van der Waals surface area contributed by atoms with Gasteiger partial charge in [0.1, 0.15) is 23.0 Å². The lowest BCUT2D eigenvalue weighted by molar-refractivity contribution is -0.131. The van der Waals surface area contributed by atoms with E-state index in [4.69, 9.17) is 4.74 Å². The summed E-state index contributed by atoms with van der Waals surface area (Å²) >= 11 is 0. The molecule has 2 atom stereocenters. The number of methoxy groups -OCH3 is 1. The Hall–Kier alpha value is -3.76. The van der Waals surface area contributed by atoms with Crippen LogP contribution in [0.2, 0.25) is 0 Å². The highest BCUT2D eigenvalue weighted by Gasteiger charge is 2.31. The van der Waals surface area contributed by atoms with Gasteiger partial charge in [-0.25, -0.2) is 18.3 Å². The highest BCUT2D eigenvalue weighted by atomic mass is 19.1. The maximum absolute atomic E-state index is 15.1. The zero-order chi connectivity index (χ0) is 25.7. The molecule has 1 N–H and O–H groups in total. The third-order valence-electron chi connectivity index (χ3n) is 6.73. The lowest BCUT2D eigenvalue weighted by Crippen LogP contribution is -2.49. The summed E-state index contributed by atoms with van der Waals surface area (Å²) in [6, 6.07) is 4.77. The van der Waals surface area contributed by atoms with Gasteiger partial charge in [0.2, 0.25) is 17.7 Å². The number of likely N-dealkylation sites (tertiary alicyclic amines) is 1. The molecule has 0 spiro atoms. The summed E-state index contributed by atoms with van der Waals surface area (Å²) in [5.74, 6) is 0.679. The molecule has 5 rings (SSSR count). The number of imidazole rings is 1. The summed E-state index contributed by atoms with van der Waals surface area (Å²) in [6.07, 6.45) is 0.916. The van der Waals surface area contributed by atoms with Crippen molar-refractivity contribution in [3.05, 3.63) is 36.0 Å². The Labute approximate surface area is 207 Å². The molecule has 0 radical (unpaired) electrons. The quantitative estimate of drug-likeness (QED) is 0.446. The van der Waals surface area contributed by atoms with E-state index in [-0.39, 0.29) is 30.3 Å². The van der Waals surface area contributed by atoms with Gasteiger partial charge in [0.15, 0.2) is 5.82 Å². The predicted octanol–water partition coefficient (Wildman–Crippen LogP) is 4.15. The molecule has 4 heterocycles. The third kappa shape index (κ3) is 4.02. The number of piperidine rings is 1. The fourth-order valence-electron chi connectivity index (χ4n) is 5.02. The molecule has 1 aliphatic heterocycles. The van der Waals surface area contributed by atoms with Gasteiger partial charge in [-0.1, -0.05) is 0 Å². The van der Waals surface area contributed by atoms with Gasteiger partial charge in [-0.15, -0.1) is 5.10 Å². The minimum Gasteiger partial charge on any atom is -0.479 e. The lowest BCUT2D eigenvalue weighted by atomic mass is 10.0. The van der Waals surface area contributed by atoms with Crippen LogP contribution in [0.25, 0.3) is 27.7 Å². The van der Waals surface area contributed by atoms with E-state index in [0.29, 0.717) is 40.6 Å². The second-order valence-electron chi connectivity index (χ2n) is 9.44. The Balaban J connectivity index is 1.53. The summed E-state index contributed by atoms with van der Waals surface area (Å²) in [5, 5.41) is 7.56. The maximum Gasteiger partial charge on any atom is 0.244 e. The van der Waals surface area contributed by atoms with Crippen molar-refractivity contribution >= 4 is 28.4 Å².